The van der Waals surface area contributed by atoms with Gasteiger partial charge in [-0.2, -0.15) is 0 Å². The molecule has 0 saturated heterocycles. The minimum atomic E-state index is 0. The van der Waals surface area contributed by atoms with E-state index in [0.717, 1.165) is 30.2 Å². The number of nitrogens with one attached hydrogen (secondary N) is 2. The quantitative estimate of drug-likeness (QED) is 0.246. The number of guanidine groups is 1. The summed E-state index contributed by atoms with van der Waals surface area (Å²) in [5.74, 6) is 1.67. The van der Waals surface area contributed by atoms with E-state index in [1.54, 1.807) is 14.2 Å². The van der Waals surface area contributed by atoms with Crippen molar-refractivity contribution < 1.29 is 9.47 Å². The second-order valence-corrected chi connectivity index (χ2v) is 6.07. The van der Waals surface area contributed by atoms with Crippen molar-refractivity contribution in [1.82, 2.24) is 10.6 Å². The normalized spacial score (nSPS) is 10.9. The maximum absolute atomic E-state index is 5.93. The third-order valence-electron chi connectivity index (χ3n) is 3.95. The van der Waals surface area contributed by atoms with E-state index in [2.05, 4.69) is 52.9 Å². The zero-order chi connectivity index (χ0) is 18.6. The van der Waals surface area contributed by atoms with Gasteiger partial charge in [-0.3, -0.25) is 4.99 Å². The SMILES string of the molecule is CN=C(NCc1ccccc1)NCc1ccc(C)cc1OCCCOC.I. The molecule has 2 N–H and O–H groups in total. The Kier molecular flexibility index (Phi) is 11.5. The van der Waals surface area contributed by atoms with E-state index in [1.165, 1.54) is 11.1 Å². The zero-order valence-electron chi connectivity index (χ0n) is 16.3. The van der Waals surface area contributed by atoms with Crippen LogP contribution in [0.25, 0.3) is 0 Å². The van der Waals surface area contributed by atoms with Gasteiger partial charge in [-0.1, -0.05) is 42.5 Å². The third-order valence-corrected chi connectivity index (χ3v) is 3.95. The average molecular weight is 483 g/mol. The summed E-state index contributed by atoms with van der Waals surface area (Å²) in [5.41, 5.74) is 3.51. The molecule has 2 rings (SSSR count). The van der Waals surface area contributed by atoms with Crippen LogP contribution in [0.5, 0.6) is 5.75 Å². The Morgan fingerprint density at radius 1 is 1.00 bits per heavy atom. The highest BCUT2D eigenvalue weighted by molar-refractivity contribution is 14.0. The number of benzene rings is 2. The molecule has 0 amide bonds. The van der Waals surface area contributed by atoms with E-state index >= 15 is 0 Å². The highest BCUT2D eigenvalue weighted by atomic mass is 127. The van der Waals surface area contributed by atoms with Crippen LogP contribution >= 0.6 is 24.0 Å². The Morgan fingerprint density at radius 3 is 2.44 bits per heavy atom. The first-order valence-corrected chi connectivity index (χ1v) is 8.92. The molecule has 0 bridgehead atoms. The topological polar surface area (TPSA) is 54.9 Å². The molecule has 0 atom stereocenters. The Hall–Kier alpha value is -1.80. The van der Waals surface area contributed by atoms with Gasteiger partial charge in [0.1, 0.15) is 5.75 Å². The number of halogens is 1. The van der Waals surface area contributed by atoms with Crippen molar-refractivity contribution in [3.8, 4) is 5.75 Å². The van der Waals surface area contributed by atoms with E-state index < -0.39 is 0 Å². The fourth-order valence-corrected chi connectivity index (χ4v) is 2.51. The van der Waals surface area contributed by atoms with Gasteiger partial charge in [0.25, 0.3) is 0 Å². The summed E-state index contributed by atoms with van der Waals surface area (Å²) < 4.78 is 11.0. The molecule has 6 heteroatoms. The van der Waals surface area contributed by atoms with Crippen LogP contribution in [0.2, 0.25) is 0 Å². The monoisotopic (exact) mass is 483 g/mol. The second kappa shape index (κ2) is 13.4. The lowest BCUT2D eigenvalue weighted by Crippen LogP contribution is -2.36. The molecular formula is C21H30IN3O2. The fourth-order valence-electron chi connectivity index (χ4n) is 2.51. The smallest absolute Gasteiger partial charge is 0.191 e. The van der Waals surface area contributed by atoms with Crippen molar-refractivity contribution in [1.29, 1.82) is 0 Å². The molecule has 2 aromatic carbocycles. The fraction of sp³-hybridized carbons (Fsp3) is 0.381. The van der Waals surface area contributed by atoms with Gasteiger partial charge in [-0.05, 0) is 24.1 Å². The van der Waals surface area contributed by atoms with Crippen LogP contribution in [0.15, 0.2) is 53.5 Å². The average Bonchev–Trinajstić information content (AvgIpc) is 2.67. The van der Waals surface area contributed by atoms with Gasteiger partial charge >= 0.3 is 0 Å². The molecular weight excluding hydrogens is 453 g/mol. The van der Waals surface area contributed by atoms with E-state index in [-0.39, 0.29) is 24.0 Å². The molecule has 148 valence electrons. The summed E-state index contributed by atoms with van der Waals surface area (Å²) in [6.45, 7) is 4.80. The van der Waals surface area contributed by atoms with Crippen molar-refractivity contribution >= 4 is 29.9 Å². The molecule has 2 aromatic rings. The standard InChI is InChI=1S/C21H29N3O2.HI/c1-17-10-11-19(20(14-17)26-13-7-12-25-3)16-24-21(22-2)23-15-18-8-5-4-6-9-18;/h4-6,8-11,14H,7,12-13,15-16H2,1-3H3,(H2,22,23,24);1H. The number of hydrogen-bond donors (Lipinski definition) is 2. The van der Waals surface area contributed by atoms with Gasteiger partial charge in [0.2, 0.25) is 0 Å². The molecule has 0 aromatic heterocycles. The van der Waals surface area contributed by atoms with Crippen LogP contribution in [0.1, 0.15) is 23.1 Å². The first-order chi connectivity index (χ1) is 12.7. The number of aliphatic imine (C=N–C) groups is 1. The second-order valence-electron chi connectivity index (χ2n) is 6.07. The van der Waals surface area contributed by atoms with Gasteiger partial charge in [-0.25, -0.2) is 0 Å². The molecule has 0 spiro atoms. The highest BCUT2D eigenvalue weighted by Gasteiger charge is 2.06. The predicted octanol–water partition coefficient (Wildman–Crippen LogP) is 3.89. The minimum absolute atomic E-state index is 0. The Labute approximate surface area is 179 Å². The maximum atomic E-state index is 5.93. The zero-order valence-corrected chi connectivity index (χ0v) is 18.7. The molecule has 27 heavy (non-hydrogen) atoms. The first-order valence-electron chi connectivity index (χ1n) is 8.92. The van der Waals surface area contributed by atoms with Crippen LogP contribution in [-0.2, 0) is 17.8 Å². The summed E-state index contributed by atoms with van der Waals surface area (Å²) in [6, 6.07) is 16.5. The molecule has 0 radical (unpaired) electrons. The summed E-state index contributed by atoms with van der Waals surface area (Å²) in [7, 11) is 3.48. The molecule has 0 fully saturated rings. The first kappa shape index (κ1) is 23.2. The molecule has 0 unspecified atom stereocenters. The van der Waals surface area contributed by atoms with E-state index in [0.29, 0.717) is 19.8 Å². The molecule has 0 aliphatic heterocycles. The minimum Gasteiger partial charge on any atom is -0.493 e. The van der Waals surface area contributed by atoms with Gasteiger partial charge in [0, 0.05) is 45.8 Å². The number of rotatable bonds is 9. The number of methoxy groups -OCH3 is 1. The van der Waals surface area contributed by atoms with E-state index in [1.807, 2.05) is 18.2 Å². The lowest BCUT2D eigenvalue weighted by Gasteiger charge is -2.15. The molecule has 0 heterocycles. The van der Waals surface area contributed by atoms with Crippen molar-refractivity contribution in [2.75, 3.05) is 27.4 Å². The Bertz CT molecular complexity index is 693. The van der Waals surface area contributed by atoms with E-state index in [9.17, 15) is 0 Å². The molecule has 0 saturated carbocycles. The van der Waals surface area contributed by atoms with Crippen LogP contribution in [0.4, 0.5) is 0 Å². The van der Waals surface area contributed by atoms with Crippen LogP contribution in [-0.4, -0.2) is 33.3 Å². The largest absolute Gasteiger partial charge is 0.493 e. The third kappa shape index (κ3) is 8.62. The van der Waals surface area contributed by atoms with Crippen LogP contribution < -0.4 is 15.4 Å². The van der Waals surface area contributed by atoms with Crippen LogP contribution in [0, 0.1) is 6.92 Å². The van der Waals surface area contributed by atoms with Crippen molar-refractivity contribution in [3.63, 3.8) is 0 Å². The number of hydrogen-bond acceptors (Lipinski definition) is 3. The van der Waals surface area contributed by atoms with Crippen molar-refractivity contribution in [2.45, 2.75) is 26.4 Å². The lowest BCUT2D eigenvalue weighted by molar-refractivity contribution is 0.171. The summed E-state index contributed by atoms with van der Waals surface area (Å²) in [5, 5.41) is 6.68. The van der Waals surface area contributed by atoms with E-state index in [4.69, 9.17) is 9.47 Å². The Morgan fingerprint density at radius 2 is 1.74 bits per heavy atom. The highest BCUT2D eigenvalue weighted by Crippen LogP contribution is 2.20. The van der Waals surface area contributed by atoms with Gasteiger partial charge in [0.05, 0.1) is 6.61 Å². The van der Waals surface area contributed by atoms with Crippen molar-refractivity contribution in [3.05, 3.63) is 65.2 Å². The van der Waals surface area contributed by atoms with Gasteiger partial charge in [0.15, 0.2) is 5.96 Å². The van der Waals surface area contributed by atoms with Crippen LogP contribution in [0.3, 0.4) is 0 Å². The lowest BCUT2D eigenvalue weighted by atomic mass is 10.1. The van der Waals surface area contributed by atoms with Crippen molar-refractivity contribution in [2.24, 2.45) is 4.99 Å². The maximum Gasteiger partial charge on any atom is 0.191 e. The molecule has 0 aliphatic rings. The number of aryl methyl sites for hydroxylation is 1. The Balaban J connectivity index is 0.00000364. The van der Waals surface area contributed by atoms with Gasteiger partial charge in [-0.15, -0.1) is 24.0 Å². The summed E-state index contributed by atoms with van der Waals surface area (Å²) in [6.07, 6.45) is 0.873. The number of ether oxygens (including phenoxy) is 2. The summed E-state index contributed by atoms with van der Waals surface area (Å²) >= 11 is 0. The van der Waals surface area contributed by atoms with Gasteiger partial charge < -0.3 is 20.1 Å². The molecule has 5 nitrogen and oxygen atoms in total. The summed E-state index contributed by atoms with van der Waals surface area (Å²) in [4.78, 5) is 4.29. The predicted molar refractivity (Wildman–Crippen MR) is 122 cm³/mol. The molecule has 0 aliphatic carbocycles. The number of nitrogens with zero attached hydrogens (tertiary/aromatic N) is 1.